The first-order valence-electron chi connectivity index (χ1n) is 7.98. The minimum atomic E-state index is -0.174. The Morgan fingerprint density at radius 2 is 1.91 bits per heavy atom. The number of allylic oxidation sites excluding steroid dienone is 2. The van der Waals surface area contributed by atoms with E-state index in [0.29, 0.717) is 6.54 Å². The van der Waals surface area contributed by atoms with Crippen LogP contribution in [0.15, 0.2) is 29.7 Å². The van der Waals surface area contributed by atoms with Crippen molar-refractivity contribution in [1.82, 2.24) is 10.2 Å². The van der Waals surface area contributed by atoms with Gasteiger partial charge in [-0.3, -0.25) is 19.3 Å². The van der Waals surface area contributed by atoms with Gasteiger partial charge >= 0.3 is 0 Å². The molecule has 23 heavy (non-hydrogen) atoms. The summed E-state index contributed by atoms with van der Waals surface area (Å²) in [5, 5.41) is 4.79. The van der Waals surface area contributed by atoms with Crippen molar-refractivity contribution in [3.63, 3.8) is 0 Å². The first-order valence-corrected chi connectivity index (χ1v) is 8.86. The molecule has 1 aromatic rings. The Morgan fingerprint density at radius 3 is 2.52 bits per heavy atom. The van der Waals surface area contributed by atoms with Crippen molar-refractivity contribution in [3.05, 3.63) is 34.5 Å². The fraction of sp³-hybridized carbons (Fsp3) is 0.471. The molecular weight excluding hydrogens is 312 g/mol. The number of hydrogen-bond acceptors (Lipinski definition) is 4. The van der Waals surface area contributed by atoms with E-state index in [2.05, 4.69) is 17.5 Å². The molecule has 120 valence electrons. The monoisotopic (exact) mass is 330 g/mol. The molecule has 1 saturated heterocycles. The summed E-state index contributed by atoms with van der Waals surface area (Å²) < 4.78 is 0. The van der Waals surface area contributed by atoms with Gasteiger partial charge in [-0.1, -0.05) is 18.2 Å². The number of hydrogen-bond donors (Lipinski definition) is 1. The lowest BCUT2D eigenvalue weighted by Gasteiger charge is -2.16. The van der Waals surface area contributed by atoms with Crippen LogP contribution in [0.2, 0.25) is 0 Å². The minimum absolute atomic E-state index is 0.0806. The van der Waals surface area contributed by atoms with Gasteiger partial charge < -0.3 is 5.32 Å². The lowest BCUT2D eigenvalue weighted by Crippen LogP contribution is -2.36. The molecule has 2 heterocycles. The highest BCUT2D eigenvalue weighted by Gasteiger charge is 2.58. The van der Waals surface area contributed by atoms with E-state index in [-0.39, 0.29) is 54.4 Å². The Morgan fingerprint density at radius 1 is 1.22 bits per heavy atom. The van der Waals surface area contributed by atoms with E-state index in [1.54, 1.807) is 11.3 Å². The lowest BCUT2D eigenvalue weighted by molar-refractivity contribution is -0.141. The van der Waals surface area contributed by atoms with Crippen molar-refractivity contribution in [2.24, 2.45) is 23.7 Å². The first kappa shape index (κ1) is 14.6. The molecule has 2 aliphatic carbocycles. The number of rotatable bonds is 5. The highest BCUT2D eigenvalue weighted by atomic mass is 32.1. The van der Waals surface area contributed by atoms with Gasteiger partial charge in [0.1, 0.15) is 0 Å². The number of fused-ring (bicyclic) bond motifs is 5. The Bertz CT molecular complexity index is 652. The topological polar surface area (TPSA) is 66.5 Å². The van der Waals surface area contributed by atoms with Crippen LogP contribution in [0.4, 0.5) is 0 Å². The molecule has 0 aromatic carbocycles. The number of nitrogens with one attached hydrogen (secondary N) is 1. The van der Waals surface area contributed by atoms with E-state index in [1.807, 2.05) is 17.5 Å². The van der Waals surface area contributed by atoms with Gasteiger partial charge in [0.25, 0.3) is 0 Å². The zero-order valence-electron chi connectivity index (χ0n) is 12.6. The fourth-order valence-electron chi connectivity index (χ4n) is 4.09. The molecule has 0 radical (unpaired) electrons. The van der Waals surface area contributed by atoms with Crippen LogP contribution in [0.1, 0.15) is 17.7 Å². The molecule has 5 nitrogen and oxygen atoms in total. The van der Waals surface area contributed by atoms with E-state index >= 15 is 0 Å². The second-order valence-electron chi connectivity index (χ2n) is 6.43. The Labute approximate surface area is 138 Å². The van der Waals surface area contributed by atoms with E-state index in [9.17, 15) is 14.4 Å². The molecule has 3 amide bonds. The van der Waals surface area contributed by atoms with Crippen LogP contribution < -0.4 is 5.32 Å². The highest BCUT2D eigenvalue weighted by Crippen LogP contribution is 2.52. The third-order valence-corrected chi connectivity index (χ3v) is 6.04. The summed E-state index contributed by atoms with van der Waals surface area (Å²) in [6.07, 6.45) is 5.26. The van der Waals surface area contributed by atoms with Gasteiger partial charge in [0.05, 0.1) is 18.4 Å². The predicted octanol–water partition coefficient (Wildman–Crippen LogP) is 1.56. The average molecular weight is 330 g/mol. The number of nitrogens with zero attached hydrogens (tertiary/aromatic N) is 1. The molecule has 3 aliphatic rings. The maximum atomic E-state index is 12.5. The van der Waals surface area contributed by atoms with Gasteiger partial charge in [-0.05, 0) is 29.7 Å². The van der Waals surface area contributed by atoms with Gasteiger partial charge in [0.15, 0.2) is 0 Å². The van der Waals surface area contributed by atoms with Crippen LogP contribution >= 0.6 is 11.3 Å². The zero-order chi connectivity index (χ0) is 16.0. The molecule has 1 aliphatic heterocycles. The molecule has 0 spiro atoms. The molecule has 4 atom stereocenters. The third-order valence-electron chi connectivity index (χ3n) is 5.16. The fourth-order valence-corrected chi connectivity index (χ4v) is 4.73. The summed E-state index contributed by atoms with van der Waals surface area (Å²) in [7, 11) is 0. The molecule has 0 unspecified atom stereocenters. The summed E-state index contributed by atoms with van der Waals surface area (Å²) in [5.74, 6) is -0.195. The summed E-state index contributed by atoms with van der Waals surface area (Å²) in [6, 6.07) is 3.90. The van der Waals surface area contributed by atoms with Gasteiger partial charge in [-0.2, -0.15) is 0 Å². The molecule has 6 heteroatoms. The maximum absolute atomic E-state index is 12.5. The second kappa shape index (κ2) is 5.60. The van der Waals surface area contributed by atoms with Crippen molar-refractivity contribution >= 4 is 29.1 Å². The summed E-state index contributed by atoms with van der Waals surface area (Å²) >= 11 is 1.59. The third kappa shape index (κ3) is 2.41. The number of thiophene rings is 1. The Hall–Kier alpha value is -1.95. The normalized spacial score (nSPS) is 31.0. The molecule has 1 N–H and O–H groups in total. The lowest BCUT2D eigenvalue weighted by atomic mass is 9.85. The number of carbonyl (C=O) groups is 3. The zero-order valence-corrected chi connectivity index (χ0v) is 13.4. The van der Waals surface area contributed by atoms with Gasteiger partial charge in [-0.25, -0.2) is 0 Å². The highest BCUT2D eigenvalue weighted by molar-refractivity contribution is 7.09. The van der Waals surface area contributed by atoms with E-state index in [4.69, 9.17) is 0 Å². The molecule has 2 bridgehead atoms. The van der Waals surface area contributed by atoms with Crippen LogP contribution in [0.3, 0.4) is 0 Å². The number of imide groups is 1. The number of amides is 3. The van der Waals surface area contributed by atoms with Crippen LogP contribution in [-0.4, -0.2) is 29.2 Å². The summed E-state index contributed by atoms with van der Waals surface area (Å²) in [6.45, 7) is 0.693. The minimum Gasteiger partial charge on any atom is -0.351 e. The standard InChI is InChI=1S/C17H18N2O3S/c20-13(18-9-12-2-1-7-23-12)5-6-19-16(21)14-10-3-4-11(8-10)15(14)17(19)22/h1-4,7,10-11,14-15H,5-6,8-9H2,(H,18,20)/t10-,11-,14+,15+/m0/s1. The second-order valence-corrected chi connectivity index (χ2v) is 7.47. The number of carbonyl (C=O) groups excluding carboxylic acids is 3. The predicted molar refractivity (Wildman–Crippen MR) is 85.2 cm³/mol. The SMILES string of the molecule is O=C(CCN1C(=O)[C@H]2[C@H](C1=O)[C@H]1C=C[C@H]2C1)NCc1cccs1. The molecule has 2 fully saturated rings. The average Bonchev–Trinajstić information content (AvgIpc) is 3.29. The van der Waals surface area contributed by atoms with Crippen molar-refractivity contribution < 1.29 is 14.4 Å². The van der Waals surface area contributed by atoms with Crippen molar-refractivity contribution in [2.45, 2.75) is 19.4 Å². The van der Waals surface area contributed by atoms with Gasteiger partial charge in [-0.15, -0.1) is 11.3 Å². The summed E-state index contributed by atoms with van der Waals surface area (Å²) in [4.78, 5) is 39.3. The van der Waals surface area contributed by atoms with Crippen molar-refractivity contribution in [1.29, 1.82) is 0 Å². The molecular formula is C17H18N2O3S. The summed E-state index contributed by atoms with van der Waals surface area (Å²) in [5.41, 5.74) is 0. The smallest absolute Gasteiger partial charge is 0.233 e. The van der Waals surface area contributed by atoms with E-state index in [1.165, 1.54) is 4.90 Å². The van der Waals surface area contributed by atoms with E-state index < -0.39 is 0 Å². The van der Waals surface area contributed by atoms with E-state index in [0.717, 1.165) is 11.3 Å². The van der Waals surface area contributed by atoms with Crippen LogP contribution in [0, 0.1) is 23.7 Å². The molecule has 1 aromatic heterocycles. The van der Waals surface area contributed by atoms with Gasteiger partial charge in [0.2, 0.25) is 17.7 Å². The van der Waals surface area contributed by atoms with Crippen LogP contribution in [0.5, 0.6) is 0 Å². The van der Waals surface area contributed by atoms with Crippen molar-refractivity contribution in [2.75, 3.05) is 6.54 Å². The maximum Gasteiger partial charge on any atom is 0.233 e. The van der Waals surface area contributed by atoms with Crippen LogP contribution in [-0.2, 0) is 20.9 Å². The quantitative estimate of drug-likeness (QED) is 0.658. The molecule has 4 rings (SSSR count). The van der Waals surface area contributed by atoms with Crippen molar-refractivity contribution in [3.8, 4) is 0 Å². The Balaban J connectivity index is 1.32. The Kier molecular flexibility index (Phi) is 3.56. The largest absolute Gasteiger partial charge is 0.351 e. The first-order chi connectivity index (χ1) is 11.1. The molecule has 1 saturated carbocycles. The number of likely N-dealkylation sites (tertiary alicyclic amines) is 1. The van der Waals surface area contributed by atoms with Gasteiger partial charge in [0, 0.05) is 17.8 Å². The van der Waals surface area contributed by atoms with Crippen LogP contribution in [0.25, 0.3) is 0 Å².